The van der Waals surface area contributed by atoms with E-state index in [4.69, 9.17) is 4.74 Å². The molecule has 2 N–H and O–H groups in total. The number of benzene rings is 1. The summed E-state index contributed by atoms with van der Waals surface area (Å²) in [5.41, 5.74) is 1.57. The summed E-state index contributed by atoms with van der Waals surface area (Å²) in [5.74, 6) is -1.89. The van der Waals surface area contributed by atoms with Gasteiger partial charge in [0.25, 0.3) is 0 Å². The molecule has 1 fully saturated rings. The number of amides is 1. The van der Waals surface area contributed by atoms with Gasteiger partial charge in [-0.05, 0) is 24.8 Å². The van der Waals surface area contributed by atoms with Gasteiger partial charge >= 0.3 is 5.97 Å². The van der Waals surface area contributed by atoms with Crippen molar-refractivity contribution in [2.24, 2.45) is 17.8 Å². The van der Waals surface area contributed by atoms with Crippen LogP contribution in [0.2, 0.25) is 0 Å². The molecular formula is C16H21NO4. The van der Waals surface area contributed by atoms with Gasteiger partial charge in [-0.25, -0.2) is 0 Å². The van der Waals surface area contributed by atoms with Crippen LogP contribution >= 0.6 is 0 Å². The van der Waals surface area contributed by atoms with E-state index < -0.39 is 17.8 Å². The van der Waals surface area contributed by atoms with Crippen LogP contribution in [0, 0.1) is 17.8 Å². The molecule has 0 saturated heterocycles. The van der Waals surface area contributed by atoms with Crippen LogP contribution in [0.5, 0.6) is 0 Å². The largest absolute Gasteiger partial charge is 0.481 e. The van der Waals surface area contributed by atoms with Gasteiger partial charge in [0.1, 0.15) is 0 Å². The zero-order valence-electron chi connectivity index (χ0n) is 12.3. The minimum absolute atomic E-state index is 0.213. The first kappa shape index (κ1) is 15.5. The van der Waals surface area contributed by atoms with Gasteiger partial charge in [0.05, 0.1) is 18.4 Å². The predicted octanol–water partition coefficient (Wildman–Crippen LogP) is 2.52. The van der Waals surface area contributed by atoms with E-state index in [0.717, 1.165) is 5.56 Å². The van der Waals surface area contributed by atoms with Crippen LogP contribution < -0.4 is 5.32 Å². The van der Waals surface area contributed by atoms with E-state index in [1.54, 1.807) is 13.2 Å². The number of hydrogen-bond acceptors (Lipinski definition) is 3. The van der Waals surface area contributed by atoms with Crippen LogP contribution in [0.25, 0.3) is 0 Å². The van der Waals surface area contributed by atoms with E-state index in [1.807, 2.05) is 25.1 Å². The van der Waals surface area contributed by atoms with Gasteiger partial charge in [0.2, 0.25) is 5.91 Å². The van der Waals surface area contributed by atoms with E-state index in [2.05, 4.69) is 5.32 Å². The van der Waals surface area contributed by atoms with Crippen LogP contribution in [-0.4, -0.2) is 24.1 Å². The molecule has 3 unspecified atom stereocenters. The fourth-order valence-electron chi connectivity index (χ4n) is 3.00. The van der Waals surface area contributed by atoms with E-state index in [9.17, 15) is 14.7 Å². The Balaban J connectivity index is 2.12. The Bertz CT molecular complexity index is 529. The maximum Gasteiger partial charge on any atom is 0.307 e. The second kappa shape index (κ2) is 6.72. The van der Waals surface area contributed by atoms with Crippen molar-refractivity contribution in [3.05, 3.63) is 29.8 Å². The summed E-state index contributed by atoms with van der Waals surface area (Å²) in [6.45, 7) is 2.39. The molecule has 114 valence electrons. The minimum atomic E-state index is -0.885. The number of rotatable bonds is 5. The van der Waals surface area contributed by atoms with E-state index in [-0.39, 0.29) is 11.8 Å². The fraction of sp³-hybridized carbons (Fsp3) is 0.500. The van der Waals surface area contributed by atoms with Crippen LogP contribution in [0.1, 0.15) is 25.3 Å². The molecule has 1 aliphatic carbocycles. The quantitative estimate of drug-likeness (QED) is 0.874. The van der Waals surface area contributed by atoms with Gasteiger partial charge < -0.3 is 15.2 Å². The lowest BCUT2D eigenvalue weighted by atomic mass is 9.95. The zero-order chi connectivity index (χ0) is 15.4. The van der Waals surface area contributed by atoms with E-state index in [1.165, 1.54) is 0 Å². The molecule has 5 heteroatoms. The molecule has 3 atom stereocenters. The Morgan fingerprint density at radius 2 is 1.95 bits per heavy atom. The third-order valence-corrected chi connectivity index (χ3v) is 4.03. The SMILES string of the molecule is COCc1ccccc1NC(=O)C1CC(C)CC1C(=O)O. The average molecular weight is 291 g/mol. The molecular weight excluding hydrogens is 270 g/mol. The molecule has 21 heavy (non-hydrogen) atoms. The van der Waals surface area contributed by atoms with Gasteiger partial charge in [-0.3, -0.25) is 9.59 Å². The van der Waals surface area contributed by atoms with Crippen LogP contribution in [0.4, 0.5) is 5.69 Å². The molecule has 1 amide bonds. The van der Waals surface area contributed by atoms with Crippen molar-refractivity contribution in [2.75, 3.05) is 12.4 Å². The van der Waals surface area contributed by atoms with Crippen molar-refractivity contribution < 1.29 is 19.4 Å². The molecule has 0 radical (unpaired) electrons. The average Bonchev–Trinajstić information content (AvgIpc) is 2.84. The van der Waals surface area contributed by atoms with Crippen molar-refractivity contribution in [1.29, 1.82) is 0 Å². The molecule has 1 saturated carbocycles. The lowest BCUT2D eigenvalue weighted by molar-refractivity contribution is -0.145. The number of anilines is 1. The van der Waals surface area contributed by atoms with Crippen molar-refractivity contribution >= 4 is 17.6 Å². The Kier molecular flexibility index (Phi) is 4.96. The first-order chi connectivity index (χ1) is 10.0. The van der Waals surface area contributed by atoms with Crippen LogP contribution in [0.15, 0.2) is 24.3 Å². The van der Waals surface area contributed by atoms with Gasteiger partial charge in [-0.1, -0.05) is 25.1 Å². The molecule has 0 spiro atoms. The molecule has 1 aliphatic rings. The van der Waals surface area contributed by atoms with Gasteiger partial charge in [0, 0.05) is 18.4 Å². The van der Waals surface area contributed by atoms with Crippen LogP contribution in [0.3, 0.4) is 0 Å². The summed E-state index contributed by atoms with van der Waals surface area (Å²) in [6.07, 6.45) is 1.18. The standard InChI is InChI=1S/C16H21NO4/c1-10-7-12(13(8-10)16(19)20)15(18)17-14-6-4-3-5-11(14)9-21-2/h3-6,10,12-13H,7-9H2,1-2H3,(H,17,18)(H,19,20). The van der Waals surface area contributed by atoms with Crippen molar-refractivity contribution in [3.63, 3.8) is 0 Å². The molecule has 0 aromatic heterocycles. The van der Waals surface area contributed by atoms with Gasteiger partial charge in [-0.15, -0.1) is 0 Å². The third kappa shape index (κ3) is 3.61. The third-order valence-electron chi connectivity index (χ3n) is 4.03. The first-order valence-corrected chi connectivity index (χ1v) is 7.13. The Morgan fingerprint density at radius 1 is 1.29 bits per heavy atom. The normalized spacial score (nSPS) is 24.8. The Hall–Kier alpha value is -1.88. The molecule has 0 aliphatic heterocycles. The van der Waals surface area contributed by atoms with Crippen molar-refractivity contribution in [1.82, 2.24) is 0 Å². The number of methoxy groups -OCH3 is 1. The summed E-state index contributed by atoms with van der Waals surface area (Å²) in [7, 11) is 1.59. The maximum atomic E-state index is 12.4. The highest BCUT2D eigenvalue weighted by Crippen LogP contribution is 2.37. The lowest BCUT2D eigenvalue weighted by Gasteiger charge is -2.17. The number of carbonyl (C=O) groups excluding carboxylic acids is 1. The van der Waals surface area contributed by atoms with Gasteiger partial charge in [-0.2, -0.15) is 0 Å². The van der Waals surface area contributed by atoms with Crippen LogP contribution in [-0.2, 0) is 20.9 Å². The summed E-state index contributed by atoms with van der Waals surface area (Å²) >= 11 is 0. The summed E-state index contributed by atoms with van der Waals surface area (Å²) in [5, 5.41) is 12.1. The summed E-state index contributed by atoms with van der Waals surface area (Å²) in [6, 6.07) is 7.40. The minimum Gasteiger partial charge on any atom is -0.481 e. The summed E-state index contributed by atoms with van der Waals surface area (Å²) in [4.78, 5) is 23.7. The highest BCUT2D eigenvalue weighted by molar-refractivity contribution is 5.96. The topological polar surface area (TPSA) is 75.6 Å². The molecule has 1 aromatic rings. The second-order valence-electron chi connectivity index (χ2n) is 5.71. The Labute approximate surface area is 124 Å². The highest BCUT2D eigenvalue weighted by atomic mass is 16.5. The lowest BCUT2D eigenvalue weighted by Crippen LogP contribution is -2.30. The Morgan fingerprint density at radius 3 is 2.62 bits per heavy atom. The maximum absolute atomic E-state index is 12.4. The first-order valence-electron chi connectivity index (χ1n) is 7.13. The number of carboxylic acid groups (broad SMARTS) is 1. The molecule has 0 bridgehead atoms. The number of aliphatic carboxylic acids is 1. The number of para-hydroxylation sites is 1. The highest BCUT2D eigenvalue weighted by Gasteiger charge is 2.41. The molecule has 5 nitrogen and oxygen atoms in total. The smallest absolute Gasteiger partial charge is 0.307 e. The number of nitrogens with one attached hydrogen (secondary N) is 1. The predicted molar refractivity (Wildman–Crippen MR) is 78.8 cm³/mol. The number of ether oxygens (including phenoxy) is 1. The summed E-state index contributed by atoms with van der Waals surface area (Å²) < 4.78 is 5.11. The monoisotopic (exact) mass is 291 g/mol. The van der Waals surface area contributed by atoms with Crippen molar-refractivity contribution in [3.8, 4) is 0 Å². The number of hydrogen-bond donors (Lipinski definition) is 2. The second-order valence-corrected chi connectivity index (χ2v) is 5.71. The van der Waals surface area contributed by atoms with E-state index >= 15 is 0 Å². The number of carbonyl (C=O) groups is 2. The number of carboxylic acids is 1. The molecule has 0 heterocycles. The van der Waals surface area contributed by atoms with Gasteiger partial charge in [0.15, 0.2) is 0 Å². The zero-order valence-corrected chi connectivity index (χ0v) is 12.3. The van der Waals surface area contributed by atoms with E-state index in [0.29, 0.717) is 25.1 Å². The fourth-order valence-corrected chi connectivity index (χ4v) is 3.00. The molecule has 2 rings (SSSR count). The van der Waals surface area contributed by atoms with Crippen molar-refractivity contribution in [2.45, 2.75) is 26.4 Å². The molecule has 1 aromatic carbocycles.